The Bertz CT molecular complexity index is 552. The Morgan fingerprint density at radius 2 is 1.55 bits per heavy atom. The zero-order chi connectivity index (χ0) is 14.4. The Morgan fingerprint density at radius 3 is 2.20 bits per heavy atom. The number of anilines is 1. The van der Waals surface area contributed by atoms with Crippen LogP contribution < -0.4 is 15.2 Å². The van der Waals surface area contributed by atoms with E-state index in [0.29, 0.717) is 18.9 Å². The summed E-state index contributed by atoms with van der Waals surface area (Å²) >= 11 is 0. The number of benzene rings is 2. The molecule has 0 unspecified atom stereocenters. The molecular formula is C17H21NO2. The second kappa shape index (κ2) is 6.85. The molecule has 0 fully saturated rings. The van der Waals surface area contributed by atoms with E-state index in [1.807, 2.05) is 44.2 Å². The molecule has 3 nitrogen and oxygen atoms in total. The molecule has 0 aromatic heterocycles. The third kappa shape index (κ3) is 3.44. The monoisotopic (exact) mass is 271 g/mol. The highest BCUT2D eigenvalue weighted by molar-refractivity contribution is 5.60. The van der Waals surface area contributed by atoms with E-state index >= 15 is 0 Å². The fourth-order valence-electron chi connectivity index (χ4n) is 2.14. The average molecular weight is 271 g/mol. The highest BCUT2D eigenvalue weighted by Crippen LogP contribution is 2.32. The van der Waals surface area contributed by atoms with Gasteiger partial charge in [-0.05, 0) is 25.5 Å². The quantitative estimate of drug-likeness (QED) is 0.815. The maximum Gasteiger partial charge on any atom is 0.142 e. The van der Waals surface area contributed by atoms with Crippen LogP contribution in [0.15, 0.2) is 42.5 Å². The van der Waals surface area contributed by atoms with Gasteiger partial charge in [0.25, 0.3) is 0 Å². The molecule has 3 heteroatoms. The highest BCUT2D eigenvalue weighted by atomic mass is 16.5. The van der Waals surface area contributed by atoms with Crippen LogP contribution in [-0.2, 0) is 6.42 Å². The van der Waals surface area contributed by atoms with Crippen molar-refractivity contribution in [3.05, 3.63) is 53.6 Å². The van der Waals surface area contributed by atoms with Crippen LogP contribution in [0.2, 0.25) is 0 Å². The molecule has 2 N–H and O–H groups in total. The van der Waals surface area contributed by atoms with Crippen LogP contribution in [0.3, 0.4) is 0 Å². The number of nitrogen functional groups attached to an aromatic ring is 1. The van der Waals surface area contributed by atoms with Crippen molar-refractivity contribution >= 4 is 5.69 Å². The Hall–Kier alpha value is -2.16. The molecule has 2 aromatic rings. The van der Waals surface area contributed by atoms with Gasteiger partial charge in [0, 0.05) is 18.1 Å². The topological polar surface area (TPSA) is 44.5 Å². The third-order valence-electron chi connectivity index (χ3n) is 3.03. The van der Waals surface area contributed by atoms with Crippen molar-refractivity contribution in [3.8, 4) is 11.5 Å². The summed E-state index contributed by atoms with van der Waals surface area (Å²) in [6.07, 6.45) is 0.802. The van der Waals surface area contributed by atoms with Gasteiger partial charge in [0.1, 0.15) is 11.5 Å². The lowest BCUT2D eigenvalue weighted by atomic mass is 10.0. The summed E-state index contributed by atoms with van der Waals surface area (Å²) in [5, 5.41) is 0. The minimum atomic E-state index is 0.600. The lowest BCUT2D eigenvalue weighted by molar-refractivity contribution is 0.329. The molecule has 0 heterocycles. The molecule has 20 heavy (non-hydrogen) atoms. The van der Waals surface area contributed by atoms with E-state index in [0.717, 1.165) is 23.5 Å². The van der Waals surface area contributed by atoms with Gasteiger partial charge in [0.2, 0.25) is 0 Å². The molecule has 0 bridgehead atoms. The first-order chi connectivity index (χ1) is 9.74. The molecule has 2 rings (SSSR count). The largest absolute Gasteiger partial charge is 0.494 e. The molecule has 0 atom stereocenters. The molecule has 0 aliphatic rings. The summed E-state index contributed by atoms with van der Waals surface area (Å²) in [7, 11) is 0. The van der Waals surface area contributed by atoms with E-state index in [9.17, 15) is 0 Å². The molecule has 0 radical (unpaired) electrons. The zero-order valence-electron chi connectivity index (χ0n) is 12.1. The van der Waals surface area contributed by atoms with Crippen LogP contribution in [0, 0.1) is 0 Å². The van der Waals surface area contributed by atoms with Crippen LogP contribution in [0.1, 0.15) is 25.0 Å². The van der Waals surface area contributed by atoms with Crippen LogP contribution in [0.5, 0.6) is 11.5 Å². The molecular weight excluding hydrogens is 250 g/mol. The van der Waals surface area contributed by atoms with Gasteiger partial charge < -0.3 is 15.2 Å². The molecule has 0 aliphatic heterocycles. The SMILES string of the molecule is CCOc1cc(Cc2ccccc2)c(OCC)cc1N. The van der Waals surface area contributed by atoms with E-state index < -0.39 is 0 Å². The first-order valence-electron chi connectivity index (χ1n) is 6.96. The van der Waals surface area contributed by atoms with Crippen LogP contribution >= 0.6 is 0 Å². The Labute approximate surface area is 120 Å². The van der Waals surface area contributed by atoms with E-state index in [-0.39, 0.29) is 0 Å². The molecule has 2 aromatic carbocycles. The van der Waals surface area contributed by atoms with E-state index in [1.165, 1.54) is 5.56 Å². The van der Waals surface area contributed by atoms with Crippen molar-refractivity contribution in [2.75, 3.05) is 18.9 Å². The summed E-state index contributed by atoms with van der Waals surface area (Å²) in [5.41, 5.74) is 8.94. The lowest BCUT2D eigenvalue weighted by Crippen LogP contribution is -2.03. The van der Waals surface area contributed by atoms with Gasteiger partial charge >= 0.3 is 0 Å². The highest BCUT2D eigenvalue weighted by Gasteiger charge is 2.10. The van der Waals surface area contributed by atoms with Crippen molar-refractivity contribution in [1.82, 2.24) is 0 Å². The second-order valence-corrected chi connectivity index (χ2v) is 4.53. The number of hydrogen-bond donors (Lipinski definition) is 1. The molecule has 0 saturated carbocycles. The van der Waals surface area contributed by atoms with Crippen molar-refractivity contribution in [2.24, 2.45) is 0 Å². The second-order valence-electron chi connectivity index (χ2n) is 4.53. The van der Waals surface area contributed by atoms with E-state index in [4.69, 9.17) is 15.2 Å². The number of rotatable bonds is 6. The zero-order valence-corrected chi connectivity index (χ0v) is 12.1. The predicted molar refractivity (Wildman–Crippen MR) is 82.4 cm³/mol. The Kier molecular flexibility index (Phi) is 4.88. The van der Waals surface area contributed by atoms with Gasteiger partial charge in [-0.1, -0.05) is 30.3 Å². The van der Waals surface area contributed by atoms with Crippen molar-refractivity contribution < 1.29 is 9.47 Å². The fourth-order valence-corrected chi connectivity index (χ4v) is 2.14. The maximum atomic E-state index is 5.99. The summed E-state index contributed by atoms with van der Waals surface area (Å²) < 4.78 is 11.3. The van der Waals surface area contributed by atoms with Gasteiger partial charge in [0.15, 0.2) is 0 Å². The fraction of sp³-hybridized carbons (Fsp3) is 0.294. The molecule has 106 valence electrons. The Balaban J connectivity index is 2.34. The predicted octanol–water partition coefficient (Wildman–Crippen LogP) is 3.66. The number of hydrogen-bond acceptors (Lipinski definition) is 3. The van der Waals surface area contributed by atoms with Crippen molar-refractivity contribution in [3.63, 3.8) is 0 Å². The molecule has 0 amide bonds. The summed E-state index contributed by atoms with van der Waals surface area (Å²) in [6, 6.07) is 14.1. The van der Waals surface area contributed by atoms with Gasteiger partial charge in [-0.2, -0.15) is 0 Å². The van der Waals surface area contributed by atoms with Gasteiger partial charge in [-0.25, -0.2) is 0 Å². The average Bonchev–Trinajstić information content (AvgIpc) is 2.45. The third-order valence-corrected chi connectivity index (χ3v) is 3.03. The number of ether oxygens (including phenoxy) is 2. The summed E-state index contributed by atoms with van der Waals surface area (Å²) in [4.78, 5) is 0. The first-order valence-corrected chi connectivity index (χ1v) is 6.96. The van der Waals surface area contributed by atoms with Crippen molar-refractivity contribution in [2.45, 2.75) is 20.3 Å². The van der Waals surface area contributed by atoms with Crippen LogP contribution in [0.4, 0.5) is 5.69 Å². The summed E-state index contributed by atoms with van der Waals surface area (Å²) in [6.45, 7) is 5.14. The normalized spacial score (nSPS) is 10.3. The Morgan fingerprint density at radius 1 is 0.900 bits per heavy atom. The van der Waals surface area contributed by atoms with E-state index in [2.05, 4.69) is 12.1 Å². The van der Waals surface area contributed by atoms with Crippen LogP contribution in [0.25, 0.3) is 0 Å². The molecule has 0 saturated heterocycles. The van der Waals surface area contributed by atoms with Gasteiger partial charge in [-0.15, -0.1) is 0 Å². The number of nitrogens with two attached hydrogens (primary N) is 1. The van der Waals surface area contributed by atoms with Gasteiger partial charge in [0.05, 0.1) is 18.9 Å². The standard InChI is InChI=1S/C17H21NO2/c1-3-19-16-12-15(18)17(20-4-2)11-14(16)10-13-8-6-5-7-9-13/h5-9,11-12H,3-4,10,18H2,1-2H3. The smallest absolute Gasteiger partial charge is 0.142 e. The van der Waals surface area contributed by atoms with Crippen molar-refractivity contribution in [1.29, 1.82) is 0 Å². The van der Waals surface area contributed by atoms with Crippen LogP contribution in [-0.4, -0.2) is 13.2 Å². The minimum absolute atomic E-state index is 0.600. The lowest BCUT2D eigenvalue weighted by Gasteiger charge is -2.15. The van der Waals surface area contributed by atoms with Gasteiger partial charge in [-0.3, -0.25) is 0 Å². The minimum Gasteiger partial charge on any atom is -0.494 e. The summed E-state index contributed by atoms with van der Waals surface area (Å²) in [5.74, 6) is 1.55. The van der Waals surface area contributed by atoms with E-state index in [1.54, 1.807) is 0 Å². The molecule has 0 aliphatic carbocycles. The maximum absolute atomic E-state index is 5.99. The first kappa shape index (κ1) is 14.3. The molecule has 0 spiro atoms.